The largest absolute Gasteiger partial charge is 0.497 e. The van der Waals surface area contributed by atoms with Crippen molar-refractivity contribution in [1.82, 2.24) is 14.5 Å². The molecule has 1 amide bonds. The highest BCUT2D eigenvalue weighted by Crippen LogP contribution is 2.36. The third-order valence-corrected chi connectivity index (χ3v) is 4.91. The number of rotatable bonds is 5. The number of carbonyl (C=O) groups is 1. The molecular formula is C19H23N3O5. The van der Waals surface area contributed by atoms with Crippen LogP contribution in [0.15, 0.2) is 34.0 Å². The fourth-order valence-electron chi connectivity index (χ4n) is 3.38. The molecule has 1 atom stereocenters. The molecule has 3 rings (SSSR count). The number of carbonyl (C=O) groups excluding carboxylic acids is 1. The zero-order valence-corrected chi connectivity index (χ0v) is 15.7. The molecule has 8 nitrogen and oxygen atoms in total. The first kappa shape index (κ1) is 18.8. The Morgan fingerprint density at radius 2 is 2.04 bits per heavy atom. The van der Waals surface area contributed by atoms with Crippen LogP contribution >= 0.6 is 0 Å². The number of ether oxygens (including phenoxy) is 2. The molecule has 1 aliphatic rings. The molecule has 27 heavy (non-hydrogen) atoms. The zero-order valence-electron chi connectivity index (χ0n) is 15.7. The zero-order chi connectivity index (χ0) is 19.6. The summed E-state index contributed by atoms with van der Waals surface area (Å²) < 4.78 is 12.0. The molecule has 1 aromatic heterocycles. The van der Waals surface area contributed by atoms with Gasteiger partial charge < -0.3 is 14.4 Å². The molecule has 2 heterocycles. The standard InChI is InChI=1S/C19H23N3O5/c1-12-9-22(19(25)20-18(12)24)11-17(23)21-7-6-13(10-21)15-8-14(26-2)4-5-16(15)27-3/h4-5,8-9,13H,6-7,10-11H2,1-3H3,(H,20,24,25)/t13-/m0/s1. The van der Waals surface area contributed by atoms with Gasteiger partial charge in [-0.15, -0.1) is 0 Å². The van der Waals surface area contributed by atoms with E-state index in [1.165, 1.54) is 10.8 Å². The van der Waals surface area contributed by atoms with Gasteiger partial charge in [-0.05, 0) is 31.5 Å². The first-order chi connectivity index (χ1) is 12.9. The van der Waals surface area contributed by atoms with Crippen molar-refractivity contribution in [3.8, 4) is 11.5 Å². The van der Waals surface area contributed by atoms with Gasteiger partial charge in [-0.3, -0.25) is 19.1 Å². The number of aromatic amines is 1. The number of likely N-dealkylation sites (tertiary alicyclic amines) is 1. The van der Waals surface area contributed by atoms with Gasteiger partial charge in [0.05, 0.1) is 14.2 Å². The second-order valence-corrected chi connectivity index (χ2v) is 6.63. The van der Waals surface area contributed by atoms with Crippen LogP contribution in [-0.2, 0) is 11.3 Å². The minimum Gasteiger partial charge on any atom is -0.497 e. The lowest BCUT2D eigenvalue weighted by molar-refractivity contribution is -0.130. The molecule has 1 N–H and O–H groups in total. The van der Waals surface area contributed by atoms with Crippen molar-refractivity contribution in [3.05, 3.63) is 56.4 Å². The van der Waals surface area contributed by atoms with Crippen molar-refractivity contribution in [3.63, 3.8) is 0 Å². The van der Waals surface area contributed by atoms with Gasteiger partial charge in [-0.25, -0.2) is 4.79 Å². The smallest absolute Gasteiger partial charge is 0.328 e. The molecule has 0 bridgehead atoms. The van der Waals surface area contributed by atoms with Crippen molar-refractivity contribution in [2.75, 3.05) is 27.3 Å². The Labute approximate surface area is 156 Å². The number of benzene rings is 1. The normalized spacial score (nSPS) is 16.4. The van der Waals surface area contributed by atoms with Gasteiger partial charge in [0.2, 0.25) is 5.91 Å². The van der Waals surface area contributed by atoms with E-state index in [0.717, 1.165) is 23.5 Å². The minimum absolute atomic E-state index is 0.0988. The highest BCUT2D eigenvalue weighted by atomic mass is 16.5. The van der Waals surface area contributed by atoms with E-state index in [0.29, 0.717) is 18.7 Å². The van der Waals surface area contributed by atoms with E-state index < -0.39 is 11.2 Å². The summed E-state index contributed by atoms with van der Waals surface area (Å²) in [5.74, 6) is 1.48. The van der Waals surface area contributed by atoms with Gasteiger partial charge in [-0.2, -0.15) is 0 Å². The average Bonchev–Trinajstić information content (AvgIpc) is 3.15. The summed E-state index contributed by atoms with van der Waals surface area (Å²) in [6, 6.07) is 5.64. The predicted molar refractivity (Wildman–Crippen MR) is 99.5 cm³/mol. The van der Waals surface area contributed by atoms with Gasteiger partial charge >= 0.3 is 5.69 Å². The van der Waals surface area contributed by atoms with Gasteiger partial charge in [-0.1, -0.05) is 0 Å². The number of aryl methyl sites for hydroxylation is 1. The Balaban J connectivity index is 1.75. The van der Waals surface area contributed by atoms with Crippen LogP contribution in [0, 0.1) is 6.92 Å². The van der Waals surface area contributed by atoms with E-state index in [1.54, 1.807) is 26.0 Å². The van der Waals surface area contributed by atoms with E-state index in [1.807, 2.05) is 18.2 Å². The second-order valence-electron chi connectivity index (χ2n) is 6.63. The van der Waals surface area contributed by atoms with Gasteiger partial charge in [0.25, 0.3) is 5.56 Å². The van der Waals surface area contributed by atoms with Gasteiger partial charge in [0.15, 0.2) is 0 Å². The van der Waals surface area contributed by atoms with E-state index in [-0.39, 0.29) is 18.4 Å². The summed E-state index contributed by atoms with van der Waals surface area (Å²) in [7, 11) is 3.23. The lowest BCUT2D eigenvalue weighted by Gasteiger charge is -2.19. The Kier molecular flexibility index (Phi) is 5.34. The summed E-state index contributed by atoms with van der Waals surface area (Å²) in [4.78, 5) is 39.9. The quantitative estimate of drug-likeness (QED) is 0.840. The maximum atomic E-state index is 12.6. The molecular weight excluding hydrogens is 350 g/mol. The highest BCUT2D eigenvalue weighted by Gasteiger charge is 2.29. The molecule has 1 fully saturated rings. The van der Waals surface area contributed by atoms with Crippen LogP contribution in [0.4, 0.5) is 0 Å². The summed E-state index contributed by atoms with van der Waals surface area (Å²) >= 11 is 0. The number of hydrogen-bond acceptors (Lipinski definition) is 5. The summed E-state index contributed by atoms with van der Waals surface area (Å²) in [6.07, 6.45) is 2.21. The summed E-state index contributed by atoms with van der Waals surface area (Å²) in [5, 5.41) is 0. The summed E-state index contributed by atoms with van der Waals surface area (Å²) in [5.41, 5.74) is 0.381. The first-order valence-electron chi connectivity index (χ1n) is 8.73. The maximum absolute atomic E-state index is 12.6. The lowest BCUT2D eigenvalue weighted by atomic mass is 9.97. The van der Waals surface area contributed by atoms with E-state index >= 15 is 0 Å². The number of nitrogens with zero attached hydrogens (tertiary/aromatic N) is 2. The SMILES string of the molecule is COc1ccc(OC)c([C@H]2CCN(C(=O)Cn3cc(C)c(=O)[nH]c3=O)C2)c1. The van der Waals surface area contributed by atoms with Crippen molar-refractivity contribution in [2.24, 2.45) is 0 Å². The Morgan fingerprint density at radius 3 is 2.74 bits per heavy atom. The molecule has 0 unspecified atom stereocenters. The maximum Gasteiger partial charge on any atom is 0.328 e. The number of methoxy groups -OCH3 is 2. The molecule has 0 radical (unpaired) electrons. The van der Waals surface area contributed by atoms with Gasteiger partial charge in [0.1, 0.15) is 18.0 Å². The topological polar surface area (TPSA) is 93.6 Å². The number of amides is 1. The van der Waals surface area contributed by atoms with E-state index in [2.05, 4.69) is 4.98 Å². The molecule has 0 aliphatic carbocycles. The van der Waals surface area contributed by atoms with Crippen LogP contribution in [0.3, 0.4) is 0 Å². The Morgan fingerprint density at radius 1 is 1.26 bits per heavy atom. The van der Waals surface area contributed by atoms with Crippen molar-refractivity contribution >= 4 is 5.91 Å². The monoisotopic (exact) mass is 373 g/mol. The van der Waals surface area contributed by atoms with Crippen LogP contribution < -0.4 is 20.7 Å². The number of nitrogens with one attached hydrogen (secondary N) is 1. The molecule has 144 valence electrons. The number of aromatic nitrogens is 2. The fourth-order valence-corrected chi connectivity index (χ4v) is 3.38. The lowest BCUT2D eigenvalue weighted by Crippen LogP contribution is -2.38. The van der Waals surface area contributed by atoms with Crippen molar-refractivity contribution < 1.29 is 14.3 Å². The van der Waals surface area contributed by atoms with Crippen LogP contribution in [0.25, 0.3) is 0 Å². The molecule has 0 spiro atoms. The molecule has 1 saturated heterocycles. The molecule has 2 aromatic rings. The average molecular weight is 373 g/mol. The highest BCUT2D eigenvalue weighted by molar-refractivity contribution is 5.76. The Hall–Kier alpha value is -3.03. The fraction of sp³-hybridized carbons (Fsp3) is 0.421. The number of hydrogen-bond donors (Lipinski definition) is 1. The third-order valence-electron chi connectivity index (χ3n) is 4.91. The first-order valence-corrected chi connectivity index (χ1v) is 8.73. The van der Waals surface area contributed by atoms with E-state index in [4.69, 9.17) is 9.47 Å². The van der Waals surface area contributed by atoms with Crippen molar-refractivity contribution in [1.29, 1.82) is 0 Å². The van der Waals surface area contributed by atoms with Crippen LogP contribution in [-0.4, -0.2) is 47.7 Å². The minimum atomic E-state index is -0.579. The predicted octanol–water partition coefficient (Wildman–Crippen LogP) is 0.878. The second kappa shape index (κ2) is 7.69. The Bertz CT molecular complexity index is 963. The molecule has 1 aromatic carbocycles. The van der Waals surface area contributed by atoms with E-state index in [9.17, 15) is 14.4 Å². The van der Waals surface area contributed by atoms with Crippen LogP contribution in [0.2, 0.25) is 0 Å². The van der Waals surface area contributed by atoms with Gasteiger partial charge in [0, 0.05) is 36.3 Å². The third kappa shape index (κ3) is 3.89. The molecule has 8 heteroatoms. The van der Waals surface area contributed by atoms with Crippen LogP contribution in [0.5, 0.6) is 11.5 Å². The van der Waals surface area contributed by atoms with Crippen LogP contribution in [0.1, 0.15) is 23.5 Å². The van der Waals surface area contributed by atoms with Crippen molar-refractivity contribution in [2.45, 2.75) is 25.8 Å². The number of H-pyrrole nitrogens is 1. The summed E-state index contributed by atoms with van der Waals surface area (Å²) in [6.45, 7) is 2.64. The molecule has 0 saturated carbocycles. The molecule has 1 aliphatic heterocycles.